The zero-order chi connectivity index (χ0) is 19.1. The lowest BCUT2D eigenvalue weighted by atomic mass is 9.85. The molecule has 1 aromatic rings. The zero-order valence-electron chi connectivity index (χ0n) is 15.8. The quantitative estimate of drug-likeness (QED) is 0.789. The third-order valence-electron chi connectivity index (χ3n) is 6.04. The molecule has 1 saturated carbocycles. The molecule has 0 aromatic carbocycles. The number of carbonyl (C=O) groups is 1. The third kappa shape index (κ3) is 3.82. The summed E-state index contributed by atoms with van der Waals surface area (Å²) in [5.74, 6) is 0.659. The molecule has 3 aliphatic rings. The number of aromatic nitrogens is 1. The Bertz CT molecular complexity index is 820. The van der Waals surface area contributed by atoms with Crippen molar-refractivity contribution in [1.29, 1.82) is 0 Å². The number of hydrogen-bond donors (Lipinski definition) is 0. The van der Waals surface area contributed by atoms with Crippen LogP contribution < -0.4 is 4.90 Å². The lowest BCUT2D eigenvalue weighted by Crippen LogP contribution is -2.38. The molecule has 1 spiro atoms. The monoisotopic (exact) mass is 393 g/mol. The van der Waals surface area contributed by atoms with E-state index in [-0.39, 0.29) is 17.6 Å². The van der Waals surface area contributed by atoms with Gasteiger partial charge in [0, 0.05) is 24.7 Å². The van der Waals surface area contributed by atoms with Gasteiger partial charge in [0.05, 0.1) is 12.8 Å². The molecule has 1 amide bonds. The van der Waals surface area contributed by atoms with Gasteiger partial charge in [-0.05, 0) is 50.7 Å². The van der Waals surface area contributed by atoms with Crippen LogP contribution >= 0.6 is 0 Å². The van der Waals surface area contributed by atoms with Crippen LogP contribution in [-0.2, 0) is 14.8 Å². The maximum absolute atomic E-state index is 12.5. The minimum atomic E-state index is -3.20. The molecule has 1 aromatic heterocycles. The summed E-state index contributed by atoms with van der Waals surface area (Å²) in [5, 5.41) is 0. The molecule has 0 unspecified atom stereocenters. The van der Waals surface area contributed by atoms with Crippen LogP contribution in [0.3, 0.4) is 0 Å². The maximum Gasteiger partial charge on any atom is 0.416 e. The molecule has 4 rings (SSSR count). The Labute approximate surface area is 160 Å². The van der Waals surface area contributed by atoms with Gasteiger partial charge in [-0.1, -0.05) is 12.5 Å². The molecular weight excluding hydrogens is 366 g/mol. The van der Waals surface area contributed by atoms with E-state index in [0.29, 0.717) is 25.5 Å². The minimum Gasteiger partial charge on any atom is -0.441 e. The van der Waals surface area contributed by atoms with Crippen molar-refractivity contribution in [3.8, 4) is 0 Å². The average molecular weight is 394 g/mol. The summed E-state index contributed by atoms with van der Waals surface area (Å²) in [6.45, 7) is 1.57. The number of nitrogens with zero attached hydrogens (tertiary/aromatic N) is 3. The lowest BCUT2D eigenvalue weighted by molar-refractivity contribution is 0.0260. The normalized spacial score (nSPS) is 26.3. The minimum absolute atomic E-state index is 0.0516. The smallest absolute Gasteiger partial charge is 0.416 e. The zero-order valence-corrected chi connectivity index (χ0v) is 16.6. The number of ether oxygens (including phenoxy) is 1. The van der Waals surface area contributed by atoms with Crippen LogP contribution in [0, 0.1) is 0 Å². The number of sulfonamides is 1. The van der Waals surface area contributed by atoms with Gasteiger partial charge in [0.25, 0.3) is 0 Å². The first-order chi connectivity index (χ1) is 12.9. The van der Waals surface area contributed by atoms with Crippen LogP contribution in [0.25, 0.3) is 0 Å². The van der Waals surface area contributed by atoms with Crippen molar-refractivity contribution in [2.45, 2.75) is 56.5 Å². The van der Waals surface area contributed by atoms with Crippen LogP contribution in [0.4, 0.5) is 10.6 Å². The molecule has 2 aliphatic heterocycles. The first-order valence-corrected chi connectivity index (χ1v) is 11.6. The van der Waals surface area contributed by atoms with E-state index in [0.717, 1.165) is 44.2 Å². The van der Waals surface area contributed by atoms with Crippen molar-refractivity contribution in [1.82, 2.24) is 9.29 Å². The summed E-state index contributed by atoms with van der Waals surface area (Å²) in [6, 6.07) is 5.66. The Morgan fingerprint density at radius 3 is 2.70 bits per heavy atom. The van der Waals surface area contributed by atoms with E-state index in [2.05, 4.69) is 0 Å². The second-order valence-corrected chi connectivity index (χ2v) is 10.1. The van der Waals surface area contributed by atoms with Gasteiger partial charge in [-0.15, -0.1) is 0 Å². The average Bonchev–Trinajstić information content (AvgIpc) is 2.97. The first-order valence-electron chi connectivity index (χ1n) is 9.79. The molecular formula is C19H27N3O4S. The Morgan fingerprint density at radius 2 is 1.96 bits per heavy atom. The molecule has 0 radical (unpaired) electrons. The largest absolute Gasteiger partial charge is 0.441 e. The fourth-order valence-corrected chi connectivity index (χ4v) is 5.47. The molecule has 8 heteroatoms. The number of pyridine rings is 1. The molecule has 0 bridgehead atoms. The second-order valence-electron chi connectivity index (χ2n) is 8.08. The predicted octanol–water partition coefficient (Wildman–Crippen LogP) is 2.88. The van der Waals surface area contributed by atoms with Crippen LogP contribution in [-0.4, -0.2) is 55.3 Å². The summed E-state index contributed by atoms with van der Waals surface area (Å²) >= 11 is 0. The van der Waals surface area contributed by atoms with Crippen LogP contribution in [0.2, 0.25) is 0 Å². The Balaban J connectivity index is 1.53. The fraction of sp³-hybridized carbons (Fsp3) is 0.684. The van der Waals surface area contributed by atoms with Crippen molar-refractivity contribution < 1.29 is 17.9 Å². The number of anilines is 1. The summed E-state index contributed by atoms with van der Waals surface area (Å²) < 4.78 is 31.1. The van der Waals surface area contributed by atoms with Crippen molar-refractivity contribution in [3.05, 3.63) is 23.9 Å². The van der Waals surface area contributed by atoms with E-state index in [1.165, 1.54) is 17.0 Å². The van der Waals surface area contributed by atoms with E-state index in [1.807, 2.05) is 18.2 Å². The second kappa shape index (κ2) is 7.05. The van der Waals surface area contributed by atoms with Gasteiger partial charge in [0.2, 0.25) is 10.0 Å². The predicted molar refractivity (Wildman–Crippen MR) is 102 cm³/mol. The summed E-state index contributed by atoms with van der Waals surface area (Å²) in [6.07, 6.45) is 7.88. The Hall–Kier alpha value is -1.67. The molecule has 3 heterocycles. The van der Waals surface area contributed by atoms with Crippen molar-refractivity contribution in [2.75, 3.05) is 30.8 Å². The number of amides is 1. The van der Waals surface area contributed by atoms with Crippen molar-refractivity contribution in [2.24, 2.45) is 0 Å². The topological polar surface area (TPSA) is 79.8 Å². The molecule has 7 nitrogen and oxygen atoms in total. The highest BCUT2D eigenvalue weighted by molar-refractivity contribution is 7.88. The molecule has 148 valence electrons. The summed E-state index contributed by atoms with van der Waals surface area (Å²) in [5.41, 5.74) is 0.489. The van der Waals surface area contributed by atoms with E-state index in [4.69, 9.17) is 9.72 Å². The molecule has 3 fully saturated rings. The van der Waals surface area contributed by atoms with E-state index in [1.54, 1.807) is 4.90 Å². The van der Waals surface area contributed by atoms with Gasteiger partial charge in [-0.2, -0.15) is 0 Å². The van der Waals surface area contributed by atoms with Gasteiger partial charge in [0.15, 0.2) is 0 Å². The first kappa shape index (κ1) is 18.7. The third-order valence-corrected chi connectivity index (χ3v) is 7.31. The van der Waals surface area contributed by atoms with Gasteiger partial charge >= 0.3 is 6.09 Å². The van der Waals surface area contributed by atoms with E-state index < -0.39 is 10.0 Å². The number of hydrogen-bond acceptors (Lipinski definition) is 5. The summed E-state index contributed by atoms with van der Waals surface area (Å²) in [4.78, 5) is 18.9. The number of rotatable bonds is 3. The summed E-state index contributed by atoms with van der Waals surface area (Å²) in [7, 11) is -3.20. The van der Waals surface area contributed by atoms with E-state index >= 15 is 0 Å². The van der Waals surface area contributed by atoms with E-state index in [9.17, 15) is 13.2 Å². The van der Waals surface area contributed by atoms with Gasteiger partial charge in [0.1, 0.15) is 11.4 Å². The molecule has 2 saturated heterocycles. The highest BCUT2D eigenvalue weighted by atomic mass is 32.2. The highest BCUT2D eigenvalue weighted by Gasteiger charge is 2.46. The standard InChI is InChI=1S/C19H27N3O4S/c1-27(24,25)21-12-6-7-15(13-21)16-8-5-9-17(20-16)22-14-19(26-18(22)23)10-3-2-4-11-19/h5,8-9,15H,2-4,6-7,10-14H2,1H3/t15-/m1/s1. The maximum atomic E-state index is 12.5. The van der Waals surface area contributed by atoms with Gasteiger partial charge in [-0.25, -0.2) is 22.5 Å². The molecule has 1 aliphatic carbocycles. The van der Waals surface area contributed by atoms with Gasteiger partial charge in [-0.3, -0.25) is 4.90 Å². The van der Waals surface area contributed by atoms with Crippen LogP contribution in [0.5, 0.6) is 0 Å². The van der Waals surface area contributed by atoms with Gasteiger partial charge < -0.3 is 4.74 Å². The Morgan fingerprint density at radius 1 is 1.19 bits per heavy atom. The van der Waals surface area contributed by atoms with Crippen molar-refractivity contribution in [3.63, 3.8) is 0 Å². The lowest BCUT2D eigenvalue weighted by Gasteiger charge is -2.31. The fourth-order valence-electron chi connectivity index (χ4n) is 4.56. The van der Waals surface area contributed by atoms with Crippen LogP contribution in [0.15, 0.2) is 18.2 Å². The SMILES string of the molecule is CS(=O)(=O)N1CCC[C@@H](c2cccc(N3CC4(CCCCC4)OC3=O)n2)C1. The van der Waals surface area contributed by atoms with Crippen molar-refractivity contribution >= 4 is 21.9 Å². The Kier molecular flexibility index (Phi) is 4.88. The molecule has 27 heavy (non-hydrogen) atoms. The molecule has 0 N–H and O–H groups in total. The highest BCUT2D eigenvalue weighted by Crippen LogP contribution is 2.38. The van der Waals surface area contributed by atoms with Crippen LogP contribution in [0.1, 0.15) is 56.6 Å². The number of piperidine rings is 1. The number of carbonyl (C=O) groups excluding carboxylic acids is 1. The molecule has 1 atom stereocenters.